The van der Waals surface area contributed by atoms with Crippen molar-refractivity contribution in [2.24, 2.45) is 5.92 Å². The third kappa shape index (κ3) is 6.74. The maximum absolute atomic E-state index is 12.4. The quantitative estimate of drug-likeness (QED) is 0.656. The smallest absolute Gasteiger partial charge is 0.246 e. The first-order valence-electron chi connectivity index (χ1n) is 7.69. The SMILES string of the molecule is COCCN(CC(C)C)C(=O)/C=C/c1cc(OC)cc(OC)c1. The van der Waals surface area contributed by atoms with Crippen molar-refractivity contribution in [3.63, 3.8) is 0 Å². The molecule has 1 aromatic rings. The first-order chi connectivity index (χ1) is 11.0. The van der Waals surface area contributed by atoms with Gasteiger partial charge in [-0.05, 0) is 29.7 Å². The number of ether oxygens (including phenoxy) is 3. The monoisotopic (exact) mass is 321 g/mol. The summed E-state index contributed by atoms with van der Waals surface area (Å²) in [5.41, 5.74) is 0.853. The second-order valence-corrected chi connectivity index (χ2v) is 5.65. The molecule has 0 atom stereocenters. The highest BCUT2D eigenvalue weighted by atomic mass is 16.5. The van der Waals surface area contributed by atoms with Crippen LogP contribution in [0.1, 0.15) is 19.4 Å². The molecule has 0 aromatic heterocycles. The lowest BCUT2D eigenvalue weighted by Crippen LogP contribution is -2.35. The van der Waals surface area contributed by atoms with Gasteiger partial charge in [0.2, 0.25) is 5.91 Å². The van der Waals surface area contributed by atoms with Crippen LogP contribution in [0.5, 0.6) is 11.5 Å². The molecule has 0 aliphatic rings. The van der Waals surface area contributed by atoms with Gasteiger partial charge >= 0.3 is 0 Å². The normalized spacial score (nSPS) is 11.0. The van der Waals surface area contributed by atoms with Crippen LogP contribution in [-0.4, -0.2) is 51.8 Å². The van der Waals surface area contributed by atoms with E-state index in [4.69, 9.17) is 14.2 Å². The molecule has 1 rings (SSSR count). The van der Waals surface area contributed by atoms with Crippen molar-refractivity contribution in [1.29, 1.82) is 0 Å². The maximum atomic E-state index is 12.4. The Morgan fingerprint density at radius 2 is 1.74 bits per heavy atom. The van der Waals surface area contributed by atoms with E-state index in [0.29, 0.717) is 37.1 Å². The van der Waals surface area contributed by atoms with E-state index >= 15 is 0 Å². The van der Waals surface area contributed by atoms with Crippen LogP contribution in [0.4, 0.5) is 0 Å². The van der Waals surface area contributed by atoms with Crippen molar-refractivity contribution in [3.05, 3.63) is 29.8 Å². The van der Waals surface area contributed by atoms with E-state index in [1.165, 1.54) is 0 Å². The fraction of sp³-hybridized carbons (Fsp3) is 0.500. The van der Waals surface area contributed by atoms with Gasteiger partial charge in [-0.3, -0.25) is 4.79 Å². The zero-order valence-corrected chi connectivity index (χ0v) is 14.7. The van der Waals surface area contributed by atoms with Crippen LogP contribution < -0.4 is 9.47 Å². The fourth-order valence-corrected chi connectivity index (χ4v) is 2.13. The molecule has 0 spiro atoms. The van der Waals surface area contributed by atoms with Crippen LogP contribution in [0.25, 0.3) is 6.08 Å². The highest BCUT2D eigenvalue weighted by Crippen LogP contribution is 2.23. The number of methoxy groups -OCH3 is 3. The van der Waals surface area contributed by atoms with Crippen LogP contribution in [-0.2, 0) is 9.53 Å². The van der Waals surface area contributed by atoms with Gasteiger partial charge in [-0.25, -0.2) is 0 Å². The van der Waals surface area contributed by atoms with E-state index in [0.717, 1.165) is 5.56 Å². The molecule has 128 valence electrons. The van der Waals surface area contributed by atoms with Crippen LogP contribution in [0.2, 0.25) is 0 Å². The Bertz CT molecular complexity index is 504. The van der Waals surface area contributed by atoms with E-state index in [1.807, 2.05) is 12.1 Å². The number of rotatable bonds is 9. The molecular formula is C18H27NO4. The molecule has 0 heterocycles. The highest BCUT2D eigenvalue weighted by Gasteiger charge is 2.12. The molecule has 5 nitrogen and oxygen atoms in total. The summed E-state index contributed by atoms with van der Waals surface area (Å²) in [6, 6.07) is 5.51. The van der Waals surface area contributed by atoms with Gasteiger partial charge in [0.25, 0.3) is 0 Å². The lowest BCUT2D eigenvalue weighted by molar-refractivity contribution is -0.127. The number of carbonyl (C=O) groups is 1. The first kappa shape index (κ1) is 19.0. The van der Waals surface area contributed by atoms with Crippen LogP contribution in [0, 0.1) is 5.92 Å². The zero-order chi connectivity index (χ0) is 17.2. The minimum absolute atomic E-state index is 0.0301. The van der Waals surface area contributed by atoms with Crippen LogP contribution >= 0.6 is 0 Å². The Hall–Kier alpha value is -2.01. The van der Waals surface area contributed by atoms with Crippen molar-refractivity contribution in [1.82, 2.24) is 4.90 Å². The van der Waals surface area contributed by atoms with Gasteiger partial charge in [0, 0.05) is 32.3 Å². The van der Waals surface area contributed by atoms with Gasteiger partial charge in [-0.1, -0.05) is 13.8 Å². The Morgan fingerprint density at radius 3 is 2.22 bits per heavy atom. The van der Waals surface area contributed by atoms with Crippen molar-refractivity contribution in [3.8, 4) is 11.5 Å². The summed E-state index contributed by atoms with van der Waals surface area (Å²) in [6.45, 7) is 5.99. The molecule has 0 saturated heterocycles. The summed E-state index contributed by atoms with van der Waals surface area (Å²) in [6.07, 6.45) is 3.35. The molecule has 0 N–H and O–H groups in total. The number of nitrogens with zero attached hydrogens (tertiary/aromatic N) is 1. The molecule has 23 heavy (non-hydrogen) atoms. The molecule has 0 radical (unpaired) electrons. The maximum Gasteiger partial charge on any atom is 0.246 e. The molecule has 0 aliphatic carbocycles. The Morgan fingerprint density at radius 1 is 1.13 bits per heavy atom. The molecule has 1 aromatic carbocycles. The van der Waals surface area contributed by atoms with Gasteiger partial charge in [-0.2, -0.15) is 0 Å². The minimum Gasteiger partial charge on any atom is -0.497 e. The topological polar surface area (TPSA) is 48.0 Å². The van der Waals surface area contributed by atoms with E-state index < -0.39 is 0 Å². The average molecular weight is 321 g/mol. The summed E-state index contributed by atoms with van der Waals surface area (Å²) < 4.78 is 15.5. The van der Waals surface area contributed by atoms with Crippen LogP contribution in [0.3, 0.4) is 0 Å². The van der Waals surface area contributed by atoms with Gasteiger partial charge < -0.3 is 19.1 Å². The second kappa shape index (κ2) is 9.90. The number of benzene rings is 1. The fourth-order valence-electron chi connectivity index (χ4n) is 2.13. The van der Waals surface area contributed by atoms with Crippen LogP contribution in [0.15, 0.2) is 24.3 Å². The molecule has 0 fully saturated rings. The predicted octanol–water partition coefficient (Wildman–Crippen LogP) is 2.85. The van der Waals surface area contributed by atoms with Gasteiger partial charge in [-0.15, -0.1) is 0 Å². The minimum atomic E-state index is -0.0301. The van der Waals surface area contributed by atoms with Crippen molar-refractivity contribution in [2.45, 2.75) is 13.8 Å². The Kier molecular flexibility index (Phi) is 8.19. The summed E-state index contributed by atoms with van der Waals surface area (Å²) in [5.74, 6) is 1.75. The Labute approximate surface area is 138 Å². The van der Waals surface area contributed by atoms with Gasteiger partial charge in [0.15, 0.2) is 0 Å². The largest absolute Gasteiger partial charge is 0.497 e. The van der Waals surface area contributed by atoms with E-state index in [2.05, 4.69) is 13.8 Å². The summed E-state index contributed by atoms with van der Waals surface area (Å²) in [7, 11) is 4.83. The van der Waals surface area contributed by atoms with E-state index in [1.54, 1.807) is 44.4 Å². The molecule has 0 unspecified atom stereocenters. The lowest BCUT2D eigenvalue weighted by Gasteiger charge is -2.22. The second-order valence-electron chi connectivity index (χ2n) is 5.65. The van der Waals surface area contributed by atoms with Crippen molar-refractivity contribution in [2.75, 3.05) is 41.0 Å². The Balaban J connectivity index is 2.85. The average Bonchev–Trinajstić information content (AvgIpc) is 2.55. The van der Waals surface area contributed by atoms with Gasteiger partial charge in [0.05, 0.1) is 20.8 Å². The molecule has 0 bridgehead atoms. The third-order valence-electron chi connectivity index (χ3n) is 3.25. The number of amides is 1. The zero-order valence-electron chi connectivity index (χ0n) is 14.7. The molecule has 0 saturated carbocycles. The molecule has 0 aliphatic heterocycles. The summed E-state index contributed by atoms with van der Waals surface area (Å²) >= 11 is 0. The number of hydrogen-bond donors (Lipinski definition) is 0. The van der Waals surface area contributed by atoms with Crippen molar-refractivity contribution < 1.29 is 19.0 Å². The molecular weight excluding hydrogens is 294 g/mol. The standard InChI is InChI=1S/C18H27NO4/c1-14(2)13-19(8-9-21-3)18(20)7-6-15-10-16(22-4)12-17(11-15)23-5/h6-7,10-12,14H,8-9,13H2,1-5H3/b7-6+. The van der Waals surface area contributed by atoms with E-state index in [-0.39, 0.29) is 5.91 Å². The van der Waals surface area contributed by atoms with E-state index in [9.17, 15) is 4.79 Å². The molecule has 5 heteroatoms. The summed E-state index contributed by atoms with van der Waals surface area (Å²) in [5, 5.41) is 0. The number of carbonyl (C=O) groups excluding carboxylic acids is 1. The highest BCUT2D eigenvalue weighted by molar-refractivity contribution is 5.91. The first-order valence-corrected chi connectivity index (χ1v) is 7.69. The third-order valence-corrected chi connectivity index (χ3v) is 3.25. The molecule has 1 amide bonds. The van der Waals surface area contributed by atoms with Gasteiger partial charge in [0.1, 0.15) is 11.5 Å². The van der Waals surface area contributed by atoms with Crippen molar-refractivity contribution >= 4 is 12.0 Å². The number of hydrogen-bond acceptors (Lipinski definition) is 4. The predicted molar refractivity (Wildman–Crippen MR) is 91.9 cm³/mol. The summed E-state index contributed by atoms with van der Waals surface area (Å²) in [4.78, 5) is 14.2. The lowest BCUT2D eigenvalue weighted by atomic mass is 10.1.